The number of anilines is 2. The predicted molar refractivity (Wildman–Crippen MR) is 119 cm³/mol. The molecule has 0 spiro atoms. The van der Waals surface area contributed by atoms with Gasteiger partial charge in [-0.25, -0.2) is 15.0 Å². The maximum Gasteiger partial charge on any atom is 0.268 e. The maximum atomic E-state index is 13.1. The van der Waals surface area contributed by atoms with Crippen molar-refractivity contribution in [2.24, 2.45) is 0 Å². The van der Waals surface area contributed by atoms with Crippen LogP contribution >= 0.6 is 22.7 Å². The van der Waals surface area contributed by atoms with E-state index in [9.17, 15) is 4.79 Å². The Bertz CT molecular complexity index is 1180. The second kappa shape index (κ2) is 7.53. The van der Waals surface area contributed by atoms with E-state index in [-0.39, 0.29) is 5.91 Å². The molecular formula is C21H19N5OS2. The molecule has 3 aromatic heterocycles. The van der Waals surface area contributed by atoms with Crippen LogP contribution in [0.4, 0.5) is 11.6 Å². The van der Waals surface area contributed by atoms with Crippen LogP contribution in [0.15, 0.2) is 41.1 Å². The molecule has 1 saturated heterocycles. The van der Waals surface area contributed by atoms with E-state index in [1.165, 1.54) is 11.3 Å². The number of rotatable bonds is 4. The molecule has 0 aliphatic carbocycles. The molecule has 6 nitrogen and oxygen atoms in total. The van der Waals surface area contributed by atoms with E-state index in [1.54, 1.807) is 11.3 Å². The Hall–Kier alpha value is -2.84. The van der Waals surface area contributed by atoms with Crippen molar-refractivity contribution < 1.29 is 4.79 Å². The summed E-state index contributed by atoms with van der Waals surface area (Å²) in [7, 11) is 0. The number of aryl methyl sites for hydroxylation is 1. The van der Waals surface area contributed by atoms with Gasteiger partial charge in [0, 0.05) is 24.0 Å². The predicted octanol–water partition coefficient (Wildman–Crippen LogP) is 4.98. The Kier molecular flexibility index (Phi) is 4.73. The third-order valence-corrected chi connectivity index (χ3v) is 6.85. The van der Waals surface area contributed by atoms with Crippen LogP contribution in [0.1, 0.15) is 28.2 Å². The van der Waals surface area contributed by atoms with Gasteiger partial charge < -0.3 is 10.2 Å². The summed E-state index contributed by atoms with van der Waals surface area (Å²) in [4.78, 5) is 30.0. The summed E-state index contributed by atoms with van der Waals surface area (Å²) in [5.74, 6) is 1.07. The first-order valence-corrected chi connectivity index (χ1v) is 11.3. The van der Waals surface area contributed by atoms with Crippen molar-refractivity contribution in [3.05, 3.63) is 51.7 Å². The monoisotopic (exact) mass is 421 g/mol. The number of fused-ring (bicyclic) bond motifs is 1. The number of nitrogens with one attached hydrogen (secondary N) is 1. The molecule has 0 unspecified atom stereocenters. The van der Waals surface area contributed by atoms with Crippen molar-refractivity contribution in [2.75, 3.05) is 23.3 Å². The molecule has 4 heterocycles. The summed E-state index contributed by atoms with van der Waals surface area (Å²) in [5, 5.41) is 7.93. The van der Waals surface area contributed by atoms with E-state index in [1.807, 2.05) is 48.0 Å². The first-order valence-electron chi connectivity index (χ1n) is 9.52. The minimum absolute atomic E-state index is 0.188. The Labute approximate surface area is 176 Å². The Balaban J connectivity index is 1.51. The number of benzene rings is 1. The molecule has 1 aliphatic rings. The number of thiophene rings is 1. The Morgan fingerprint density at radius 1 is 1.07 bits per heavy atom. The zero-order valence-corrected chi connectivity index (χ0v) is 17.5. The standard InChI is InChI=1S/C21H19N5OS2/c1-13-17(29-21(22-13)14-8-11-28-12-14)20(27)25-18-19(26-9-4-5-10-26)24-16-7-3-2-6-15(16)23-18/h2-3,6-8,11-12H,4-5,9-10H2,1H3,(H,23,25,27). The van der Waals surface area contributed by atoms with Gasteiger partial charge >= 0.3 is 0 Å². The molecule has 0 radical (unpaired) electrons. The molecular weight excluding hydrogens is 402 g/mol. The molecule has 8 heteroatoms. The molecule has 5 rings (SSSR count). The van der Waals surface area contributed by atoms with Crippen molar-refractivity contribution in [1.82, 2.24) is 15.0 Å². The molecule has 0 saturated carbocycles. The molecule has 1 aromatic carbocycles. The number of nitrogens with zero attached hydrogens (tertiary/aromatic N) is 4. The Morgan fingerprint density at radius 2 is 1.83 bits per heavy atom. The third-order valence-electron chi connectivity index (χ3n) is 4.96. The molecule has 1 fully saturated rings. The minimum Gasteiger partial charge on any atom is -0.354 e. The fraction of sp³-hybridized carbons (Fsp3) is 0.238. The van der Waals surface area contributed by atoms with Gasteiger partial charge in [0.1, 0.15) is 9.88 Å². The normalized spacial score (nSPS) is 13.9. The van der Waals surface area contributed by atoms with E-state index in [0.717, 1.165) is 59.0 Å². The van der Waals surface area contributed by atoms with E-state index in [2.05, 4.69) is 15.2 Å². The average molecular weight is 422 g/mol. The summed E-state index contributed by atoms with van der Waals surface area (Å²) < 4.78 is 0. The number of para-hydroxylation sites is 2. The van der Waals surface area contributed by atoms with Crippen LogP contribution in [-0.2, 0) is 0 Å². The van der Waals surface area contributed by atoms with Gasteiger partial charge in [0.15, 0.2) is 11.6 Å². The van der Waals surface area contributed by atoms with Crippen molar-refractivity contribution >= 4 is 51.2 Å². The second-order valence-corrected chi connectivity index (χ2v) is 8.76. The van der Waals surface area contributed by atoms with Crippen molar-refractivity contribution in [2.45, 2.75) is 19.8 Å². The number of hydrogen-bond acceptors (Lipinski definition) is 7. The van der Waals surface area contributed by atoms with Gasteiger partial charge in [-0.15, -0.1) is 11.3 Å². The van der Waals surface area contributed by atoms with Gasteiger partial charge in [-0.05, 0) is 43.3 Å². The largest absolute Gasteiger partial charge is 0.354 e. The highest BCUT2D eigenvalue weighted by Crippen LogP contribution is 2.32. The third kappa shape index (κ3) is 3.49. The quantitative estimate of drug-likeness (QED) is 0.503. The van der Waals surface area contributed by atoms with Gasteiger partial charge in [-0.3, -0.25) is 4.79 Å². The number of aromatic nitrogens is 3. The van der Waals surface area contributed by atoms with Gasteiger partial charge in [0.2, 0.25) is 0 Å². The number of carbonyl (C=O) groups excluding carboxylic acids is 1. The average Bonchev–Trinajstić information content (AvgIpc) is 3.49. The maximum absolute atomic E-state index is 13.1. The van der Waals surface area contributed by atoms with Gasteiger partial charge in [-0.2, -0.15) is 11.3 Å². The Morgan fingerprint density at radius 3 is 2.55 bits per heavy atom. The SMILES string of the molecule is Cc1nc(-c2ccsc2)sc1C(=O)Nc1nc2ccccc2nc1N1CCCC1. The zero-order chi connectivity index (χ0) is 19.8. The zero-order valence-electron chi connectivity index (χ0n) is 15.9. The van der Waals surface area contributed by atoms with Crippen LogP contribution in [0.3, 0.4) is 0 Å². The molecule has 1 aliphatic heterocycles. The lowest BCUT2D eigenvalue weighted by atomic mass is 10.3. The van der Waals surface area contributed by atoms with Crippen molar-refractivity contribution in [3.63, 3.8) is 0 Å². The van der Waals surface area contributed by atoms with E-state index >= 15 is 0 Å². The van der Waals surface area contributed by atoms with E-state index in [0.29, 0.717) is 10.7 Å². The first kappa shape index (κ1) is 18.2. The summed E-state index contributed by atoms with van der Waals surface area (Å²) in [6.07, 6.45) is 2.25. The lowest BCUT2D eigenvalue weighted by molar-refractivity contribution is 0.102. The molecule has 1 amide bonds. The van der Waals surface area contributed by atoms with Crippen LogP contribution in [0.2, 0.25) is 0 Å². The van der Waals surface area contributed by atoms with Crippen LogP contribution in [0.5, 0.6) is 0 Å². The fourth-order valence-electron chi connectivity index (χ4n) is 3.51. The smallest absolute Gasteiger partial charge is 0.268 e. The number of carbonyl (C=O) groups is 1. The summed E-state index contributed by atoms with van der Waals surface area (Å²) >= 11 is 3.03. The van der Waals surface area contributed by atoms with Gasteiger partial charge in [0.05, 0.1) is 16.7 Å². The molecule has 1 N–H and O–H groups in total. The second-order valence-electron chi connectivity index (χ2n) is 6.98. The molecule has 146 valence electrons. The number of amides is 1. The van der Waals surface area contributed by atoms with Gasteiger partial charge in [-0.1, -0.05) is 12.1 Å². The molecule has 4 aromatic rings. The summed E-state index contributed by atoms with van der Waals surface area (Å²) in [6, 6.07) is 9.77. The van der Waals surface area contributed by atoms with Crippen LogP contribution in [-0.4, -0.2) is 33.9 Å². The van der Waals surface area contributed by atoms with E-state index in [4.69, 9.17) is 9.97 Å². The number of hydrogen-bond donors (Lipinski definition) is 1. The molecule has 29 heavy (non-hydrogen) atoms. The molecule has 0 atom stereocenters. The highest BCUT2D eigenvalue weighted by atomic mass is 32.1. The topological polar surface area (TPSA) is 71.0 Å². The summed E-state index contributed by atoms with van der Waals surface area (Å²) in [5.41, 5.74) is 3.38. The lowest BCUT2D eigenvalue weighted by Gasteiger charge is -2.20. The number of thiazole rings is 1. The fourth-order valence-corrected chi connectivity index (χ4v) is 5.18. The molecule has 0 bridgehead atoms. The highest BCUT2D eigenvalue weighted by molar-refractivity contribution is 7.17. The van der Waals surface area contributed by atoms with Crippen LogP contribution in [0.25, 0.3) is 21.6 Å². The van der Waals surface area contributed by atoms with E-state index < -0.39 is 0 Å². The van der Waals surface area contributed by atoms with Crippen molar-refractivity contribution in [3.8, 4) is 10.6 Å². The first-order chi connectivity index (χ1) is 14.2. The van der Waals surface area contributed by atoms with Crippen LogP contribution in [0, 0.1) is 6.92 Å². The lowest BCUT2D eigenvalue weighted by Crippen LogP contribution is -2.23. The highest BCUT2D eigenvalue weighted by Gasteiger charge is 2.23. The van der Waals surface area contributed by atoms with Crippen molar-refractivity contribution in [1.29, 1.82) is 0 Å². The van der Waals surface area contributed by atoms with Crippen LogP contribution < -0.4 is 10.2 Å². The summed E-state index contributed by atoms with van der Waals surface area (Å²) in [6.45, 7) is 3.73. The minimum atomic E-state index is -0.188. The van der Waals surface area contributed by atoms with Gasteiger partial charge in [0.25, 0.3) is 5.91 Å².